The summed E-state index contributed by atoms with van der Waals surface area (Å²) in [5.41, 5.74) is 1.64. The molecule has 1 aliphatic rings. The van der Waals surface area contributed by atoms with E-state index in [-0.39, 0.29) is 5.91 Å². The lowest BCUT2D eigenvalue weighted by atomic mass is 10.1. The van der Waals surface area contributed by atoms with Crippen molar-refractivity contribution in [3.63, 3.8) is 0 Å². The van der Waals surface area contributed by atoms with E-state index >= 15 is 0 Å². The van der Waals surface area contributed by atoms with E-state index in [1.807, 2.05) is 31.2 Å². The van der Waals surface area contributed by atoms with Crippen molar-refractivity contribution >= 4 is 11.6 Å². The molecule has 0 spiro atoms. The highest BCUT2D eigenvalue weighted by atomic mass is 16.1. The van der Waals surface area contributed by atoms with Gasteiger partial charge in [-0.3, -0.25) is 9.69 Å². The zero-order valence-electron chi connectivity index (χ0n) is 12.5. The number of rotatable bonds is 6. The number of carbonyl (C=O) groups excluding carboxylic acids is 1. The molecule has 0 aliphatic carbocycles. The average molecular weight is 275 g/mol. The van der Waals surface area contributed by atoms with Crippen molar-refractivity contribution in [1.82, 2.24) is 10.2 Å². The van der Waals surface area contributed by atoms with Crippen LogP contribution in [0.2, 0.25) is 0 Å². The molecule has 20 heavy (non-hydrogen) atoms. The topological polar surface area (TPSA) is 44.4 Å². The van der Waals surface area contributed by atoms with E-state index < -0.39 is 0 Å². The second-order valence-electron chi connectivity index (χ2n) is 5.21. The number of amides is 1. The molecule has 0 saturated carbocycles. The Balaban J connectivity index is 1.95. The largest absolute Gasteiger partial charge is 0.385 e. The number of anilines is 1. The molecule has 1 aliphatic heterocycles. The Morgan fingerprint density at radius 1 is 1.35 bits per heavy atom. The summed E-state index contributed by atoms with van der Waals surface area (Å²) >= 11 is 0. The summed E-state index contributed by atoms with van der Waals surface area (Å²) in [4.78, 5) is 14.8. The third kappa shape index (κ3) is 3.51. The zero-order valence-corrected chi connectivity index (χ0v) is 12.5. The molecule has 110 valence electrons. The first-order chi connectivity index (χ1) is 9.76. The van der Waals surface area contributed by atoms with Crippen LogP contribution in [0, 0.1) is 0 Å². The highest BCUT2D eigenvalue weighted by molar-refractivity contribution is 5.99. The minimum Gasteiger partial charge on any atom is -0.385 e. The van der Waals surface area contributed by atoms with Crippen LogP contribution in [0.3, 0.4) is 0 Å². The molecule has 1 aromatic carbocycles. The Hall–Kier alpha value is -1.55. The number of likely N-dealkylation sites (tertiary alicyclic amines) is 1. The van der Waals surface area contributed by atoms with Crippen LogP contribution in [0.15, 0.2) is 24.3 Å². The van der Waals surface area contributed by atoms with Gasteiger partial charge in [-0.2, -0.15) is 0 Å². The fraction of sp³-hybridized carbons (Fsp3) is 0.562. The van der Waals surface area contributed by atoms with Crippen molar-refractivity contribution in [2.24, 2.45) is 0 Å². The number of hydrogen-bond acceptors (Lipinski definition) is 3. The molecule has 0 radical (unpaired) electrons. The predicted molar refractivity (Wildman–Crippen MR) is 83.2 cm³/mol. The maximum absolute atomic E-state index is 12.3. The number of benzene rings is 1. The monoisotopic (exact) mass is 275 g/mol. The van der Waals surface area contributed by atoms with Gasteiger partial charge in [-0.05, 0) is 45.0 Å². The second-order valence-corrected chi connectivity index (χ2v) is 5.21. The summed E-state index contributed by atoms with van der Waals surface area (Å²) in [6.45, 7) is 8.00. The van der Waals surface area contributed by atoms with Gasteiger partial charge in [-0.15, -0.1) is 0 Å². The smallest absolute Gasteiger partial charge is 0.253 e. The molecule has 1 atom stereocenters. The fourth-order valence-electron chi connectivity index (χ4n) is 2.87. The molecule has 4 nitrogen and oxygen atoms in total. The lowest BCUT2D eigenvalue weighted by Crippen LogP contribution is -2.40. The van der Waals surface area contributed by atoms with Crippen LogP contribution in [0.1, 0.15) is 37.0 Å². The van der Waals surface area contributed by atoms with Gasteiger partial charge in [0.15, 0.2) is 0 Å². The van der Waals surface area contributed by atoms with Crippen LogP contribution in [0.25, 0.3) is 0 Å². The summed E-state index contributed by atoms with van der Waals surface area (Å²) < 4.78 is 0. The number of nitrogens with one attached hydrogen (secondary N) is 2. The Labute approximate surface area is 121 Å². The molecular weight excluding hydrogens is 250 g/mol. The van der Waals surface area contributed by atoms with Gasteiger partial charge in [-0.1, -0.05) is 19.1 Å². The average Bonchev–Trinajstić information content (AvgIpc) is 2.93. The second kappa shape index (κ2) is 7.29. The van der Waals surface area contributed by atoms with E-state index in [1.165, 1.54) is 12.8 Å². The summed E-state index contributed by atoms with van der Waals surface area (Å²) in [6.07, 6.45) is 2.42. The van der Waals surface area contributed by atoms with Gasteiger partial charge in [0, 0.05) is 24.8 Å². The number of para-hydroxylation sites is 1. The van der Waals surface area contributed by atoms with Crippen LogP contribution >= 0.6 is 0 Å². The van der Waals surface area contributed by atoms with Gasteiger partial charge in [0.05, 0.1) is 5.56 Å². The standard InChI is InChI=1S/C16H25N3O/c1-3-17-15-10-6-5-9-14(15)16(20)18-12-13-8-7-11-19(13)4-2/h5-6,9-10,13,17H,3-4,7-8,11-12H2,1-2H3,(H,18,20). The molecule has 1 amide bonds. The Morgan fingerprint density at radius 3 is 2.90 bits per heavy atom. The molecule has 1 unspecified atom stereocenters. The van der Waals surface area contributed by atoms with E-state index in [0.29, 0.717) is 6.04 Å². The third-order valence-corrected chi connectivity index (χ3v) is 3.94. The maximum Gasteiger partial charge on any atom is 0.253 e. The van der Waals surface area contributed by atoms with E-state index in [4.69, 9.17) is 0 Å². The van der Waals surface area contributed by atoms with Crippen LogP contribution in [0.5, 0.6) is 0 Å². The van der Waals surface area contributed by atoms with Crippen LogP contribution in [-0.2, 0) is 0 Å². The quantitative estimate of drug-likeness (QED) is 0.837. The van der Waals surface area contributed by atoms with Crippen molar-refractivity contribution in [2.75, 3.05) is 31.5 Å². The van der Waals surface area contributed by atoms with Crippen molar-refractivity contribution < 1.29 is 4.79 Å². The summed E-state index contributed by atoms with van der Waals surface area (Å²) in [6, 6.07) is 8.18. The van der Waals surface area contributed by atoms with Gasteiger partial charge >= 0.3 is 0 Å². The van der Waals surface area contributed by atoms with E-state index in [9.17, 15) is 4.79 Å². The highest BCUT2D eigenvalue weighted by Gasteiger charge is 2.23. The van der Waals surface area contributed by atoms with E-state index in [2.05, 4.69) is 22.5 Å². The van der Waals surface area contributed by atoms with Crippen molar-refractivity contribution in [2.45, 2.75) is 32.7 Å². The Kier molecular flexibility index (Phi) is 5.41. The predicted octanol–water partition coefficient (Wildman–Crippen LogP) is 2.33. The van der Waals surface area contributed by atoms with Gasteiger partial charge in [0.2, 0.25) is 0 Å². The Morgan fingerprint density at radius 2 is 2.15 bits per heavy atom. The first kappa shape index (κ1) is 14.9. The van der Waals surface area contributed by atoms with Gasteiger partial charge < -0.3 is 10.6 Å². The molecule has 1 aromatic rings. The molecule has 4 heteroatoms. The SMILES string of the molecule is CCNc1ccccc1C(=O)NCC1CCCN1CC. The number of hydrogen-bond donors (Lipinski definition) is 2. The normalized spacial score (nSPS) is 19.0. The van der Waals surface area contributed by atoms with Crippen molar-refractivity contribution in [3.8, 4) is 0 Å². The molecular formula is C16H25N3O. The lowest BCUT2D eigenvalue weighted by Gasteiger charge is -2.23. The molecule has 2 rings (SSSR count). The lowest BCUT2D eigenvalue weighted by molar-refractivity contribution is 0.0942. The Bertz CT molecular complexity index is 447. The van der Waals surface area contributed by atoms with Crippen LogP contribution < -0.4 is 10.6 Å². The molecule has 0 aromatic heterocycles. The fourth-order valence-corrected chi connectivity index (χ4v) is 2.87. The van der Waals surface area contributed by atoms with E-state index in [1.54, 1.807) is 0 Å². The number of likely N-dealkylation sites (N-methyl/N-ethyl adjacent to an activating group) is 1. The summed E-state index contributed by atoms with van der Waals surface area (Å²) in [5.74, 6) is 0.0181. The van der Waals surface area contributed by atoms with Crippen molar-refractivity contribution in [1.29, 1.82) is 0 Å². The minimum absolute atomic E-state index is 0.0181. The first-order valence-electron chi connectivity index (χ1n) is 7.61. The number of carbonyl (C=O) groups is 1. The summed E-state index contributed by atoms with van der Waals surface area (Å²) in [5, 5.41) is 6.32. The maximum atomic E-state index is 12.3. The van der Waals surface area contributed by atoms with Crippen LogP contribution in [0.4, 0.5) is 5.69 Å². The van der Waals surface area contributed by atoms with Crippen LogP contribution in [-0.4, -0.2) is 43.0 Å². The minimum atomic E-state index is 0.0181. The van der Waals surface area contributed by atoms with Gasteiger partial charge in [0.25, 0.3) is 5.91 Å². The highest BCUT2D eigenvalue weighted by Crippen LogP contribution is 2.17. The molecule has 0 bridgehead atoms. The first-order valence-corrected chi connectivity index (χ1v) is 7.61. The molecule has 1 heterocycles. The van der Waals surface area contributed by atoms with E-state index in [0.717, 1.165) is 37.4 Å². The molecule has 1 fully saturated rings. The van der Waals surface area contributed by atoms with Crippen molar-refractivity contribution in [3.05, 3.63) is 29.8 Å². The number of nitrogens with zero attached hydrogens (tertiary/aromatic N) is 1. The molecule has 2 N–H and O–H groups in total. The zero-order chi connectivity index (χ0) is 14.4. The van der Waals surface area contributed by atoms with Gasteiger partial charge in [-0.25, -0.2) is 0 Å². The third-order valence-electron chi connectivity index (χ3n) is 3.94. The summed E-state index contributed by atoms with van der Waals surface area (Å²) in [7, 11) is 0. The van der Waals surface area contributed by atoms with Gasteiger partial charge in [0.1, 0.15) is 0 Å². The molecule has 1 saturated heterocycles.